The Morgan fingerprint density at radius 1 is 1.36 bits per heavy atom. The van der Waals surface area contributed by atoms with Gasteiger partial charge in [0.1, 0.15) is 0 Å². The van der Waals surface area contributed by atoms with Crippen LogP contribution in [0.5, 0.6) is 0 Å². The van der Waals surface area contributed by atoms with Crippen molar-refractivity contribution in [3.63, 3.8) is 0 Å². The van der Waals surface area contributed by atoms with E-state index in [0.717, 1.165) is 38.1 Å². The lowest BCUT2D eigenvalue weighted by molar-refractivity contribution is 0.106. The molecule has 0 atom stereocenters. The van der Waals surface area contributed by atoms with Crippen molar-refractivity contribution in [3.8, 4) is 0 Å². The number of hydrogen-bond acceptors (Lipinski definition) is 2. The highest BCUT2D eigenvalue weighted by molar-refractivity contribution is 4.81. The number of nitrogens with one attached hydrogen (secondary N) is 1. The van der Waals surface area contributed by atoms with Gasteiger partial charge in [-0.2, -0.15) is 0 Å². The molecule has 2 heteroatoms. The smallest absolute Gasteiger partial charge is 0.0489 e. The summed E-state index contributed by atoms with van der Waals surface area (Å²) < 4.78 is 5.51. The quantitative estimate of drug-likeness (QED) is 0.636. The first-order chi connectivity index (χ1) is 6.68. The summed E-state index contributed by atoms with van der Waals surface area (Å²) >= 11 is 0. The Kier molecular flexibility index (Phi) is 5.49. The second-order valence-corrected chi connectivity index (χ2v) is 5.05. The molecule has 1 saturated carbocycles. The predicted molar refractivity (Wildman–Crippen MR) is 60.5 cm³/mol. The summed E-state index contributed by atoms with van der Waals surface area (Å²) in [5.74, 6) is 1.61. The van der Waals surface area contributed by atoms with Crippen molar-refractivity contribution in [1.29, 1.82) is 0 Å². The summed E-state index contributed by atoms with van der Waals surface area (Å²) in [4.78, 5) is 0. The van der Waals surface area contributed by atoms with Crippen LogP contribution in [0.1, 0.15) is 40.0 Å². The van der Waals surface area contributed by atoms with Gasteiger partial charge in [0.15, 0.2) is 0 Å². The maximum atomic E-state index is 5.51. The van der Waals surface area contributed by atoms with E-state index in [2.05, 4.69) is 26.1 Å². The van der Waals surface area contributed by atoms with Crippen molar-refractivity contribution in [2.45, 2.75) is 46.1 Å². The first kappa shape index (κ1) is 12.0. The molecule has 0 spiro atoms. The first-order valence-electron chi connectivity index (χ1n) is 5.99. The van der Waals surface area contributed by atoms with Crippen LogP contribution in [0.25, 0.3) is 0 Å². The molecule has 0 amide bonds. The van der Waals surface area contributed by atoms with Gasteiger partial charge in [-0.25, -0.2) is 0 Å². The van der Waals surface area contributed by atoms with Crippen molar-refractivity contribution < 1.29 is 4.74 Å². The van der Waals surface area contributed by atoms with E-state index in [1.807, 2.05) is 0 Å². The minimum atomic E-state index is 0.662. The van der Waals surface area contributed by atoms with Gasteiger partial charge in [-0.15, -0.1) is 0 Å². The van der Waals surface area contributed by atoms with E-state index >= 15 is 0 Å². The summed E-state index contributed by atoms with van der Waals surface area (Å²) in [7, 11) is 0. The summed E-state index contributed by atoms with van der Waals surface area (Å²) in [6.07, 6.45) is 3.89. The monoisotopic (exact) mass is 199 g/mol. The highest BCUT2D eigenvalue weighted by Crippen LogP contribution is 2.25. The van der Waals surface area contributed by atoms with E-state index in [9.17, 15) is 0 Å². The minimum Gasteiger partial charge on any atom is -0.381 e. The molecule has 0 bridgehead atoms. The number of hydrogen-bond donors (Lipinski definition) is 1. The highest BCUT2D eigenvalue weighted by atomic mass is 16.5. The molecule has 1 rings (SSSR count). The van der Waals surface area contributed by atoms with Crippen molar-refractivity contribution in [2.75, 3.05) is 19.8 Å². The summed E-state index contributed by atoms with van der Waals surface area (Å²) in [5, 5.41) is 3.56. The van der Waals surface area contributed by atoms with Crippen LogP contribution in [-0.2, 0) is 4.74 Å². The van der Waals surface area contributed by atoms with Crippen LogP contribution in [-0.4, -0.2) is 25.8 Å². The number of rotatable bonds is 7. The van der Waals surface area contributed by atoms with Crippen LogP contribution in [0.15, 0.2) is 0 Å². The van der Waals surface area contributed by atoms with Crippen LogP contribution in [0.2, 0.25) is 0 Å². The average molecular weight is 199 g/mol. The van der Waals surface area contributed by atoms with Crippen molar-refractivity contribution >= 4 is 0 Å². The van der Waals surface area contributed by atoms with E-state index in [1.54, 1.807) is 0 Å². The summed E-state index contributed by atoms with van der Waals surface area (Å²) in [5.41, 5.74) is 0. The zero-order valence-electron chi connectivity index (χ0n) is 9.88. The Morgan fingerprint density at radius 2 is 2.07 bits per heavy atom. The highest BCUT2D eigenvalue weighted by Gasteiger charge is 2.23. The zero-order chi connectivity index (χ0) is 10.4. The Balaban J connectivity index is 1.76. The molecule has 0 heterocycles. The molecule has 0 saturated heterocycles. The molecule has 2 nitrogen and oxygen atoms in total. The molecular weight excluding hydrogens is 174 g/mol. The van der Waals surface area contributed by atoms with Gasteiger partial charge in [-0.05, 0) is 37.6 Å². The third-order valence-electron chi connectivity index (χ3n) is 2.72. The van der Waals surface area contributed by atoms with E-state index < -0.39 is 0 Å². The number of ether oxygens (including phenoxy) is 1. The van der Waals surface area contributed by atoms with Crippen molar-refractivity contribution in [2.24, 2.45) is 11.8 Å². The van der Waals surface area contributed by atoms with Crippen LogP contribution < -0.4 is 5.32 Å². The van der Waals surface area contributed by atoms with Crippen LogP contribution in [0, 0.1) is 11.8 Å². The fraction of sp³-hybridized carbons (Fsp3) is 1.00. The Hall–Kier alpha value is -0.0800. The minimum absolute atomic E-state index is 0.662. The molecule has 0 aromatic heterocycles. The fourth-order valence-corrected chi connectivity index (χ4v) is 1.87. The van der Waals surface area contributed by atoms with E-state index in [0.29, 0.717) is 5.92 Å². The van der Waals surface area contributed by atoms with Crippen LogP contribution in [0.4, 0.5) is 0 Å². The lowest BCUT2D eigenvalue weighted by Crippen LogP contribution is -2.40. The van der Waals surface area contributed by atoms with Gasteiger partial charge in [-0.1, -0.05) is 20.8 Å². The summed E-state index contributed by atoms with van der Waals surface area (Å²) in [6, 6.07) is 0.801. The topological polar surface area (TPSA) is 21.3 Å². The third kappa shape index (κ3) is 4.97. The molecular formula is C12H25NO. The molecule has 1 aliphatic rings. The second kappa shape index (κ2) is 6.41. The summed E-state index contributed by atoms with van der Waals surface area (Å²) in [6.45, 7) is 9.63. The molecule has 14 heavy (non-hydrogen) atoms. The predicted octanol–water partition coefficient (Wildman–Crippen LogP) is 2.44. The van der Waals surface area contributed by atoms with E-state index in [1.165, 1.54) is 12.8 Å². The molecule has 0 radical (unpaired) electrons. The molecule has 1 fully saturated rings. The molecule has 84 valence electrons. The van der Waals surface area contributed by atoms with Gasteiger partial charge < -0.3 is 10.1 Å². The third-order valence-corrected chi connectivity index (χ3v) is 2.72. The van der Waals surface area contributed by atoms with Crippen molar-refractivity contribution in [1.82, 2.24) is 5.32 Å². The molecule has 0 unspecified atom stereocenters. The average Bonchev–Trinajstić information content (AvgIpc) is 2.07. The van der Waals surface area contributed by atoms with Crippen LogP contribution in [0.3, 0.4) is 0 Å². The van der Waals surface area contributed by atoms with Gasteiger partial charge in [0.25, 0.3) is 0 Å². The largest absolute Gasteiger partial charge is 0.381 e. The molecule has 1 aliphatic carbocycles. The van der Waals surface area contributed by atoms with Crippen molar-refractivity contribution in [3.05, 3.63) is 0 Å². The molecule has 0 aromatic carbocycles. The van der Waals surface area contributed by atoms with Gasteiger partial charge in [0.05, 0.1) is 0 Å². The molecule has 0 aliphatic heterocycles. The molecule has 0 aromatic rings. The Bertz CT molecular complexity index is 141. The molecule has 1 N–H and O–H groups in total. The van der Waals surface area contributed by atoms with Gasteiger partial charge in [0, 0.05) is 19.3 Å². The van der Waals surface area contributed by atoms with Gasteiger partial charge in [-0.3, -0.25) is 0 Å². The van der Waals surface area contributed by atoms with E-state index in [4.69, 9.17) is 4.74 Å². The Labute approximate surface area is 88.4 Å². The lowest BCUT2D eigenvalue weighted by Gasteiger charge is -2.33. The zero-order valence-corrected chi connectivity index (χ0v) is 9.88. The van der Waals surface area contributed by atoms with Gasteiger partial charge in [0.2, 0.25) is 0 Å². The second-order valence-electron chi connectivity index (χ2n) is 5.05. The Morgan fingerprint density at radius 3 is 2.64 bits per heavy atom. The fourth-order valence-electron chi connectivity index (χ4n) is 1.87. The first-order valence-corrected chi connectivity index (χ1v) is 5.99. The maximum absolute atomic E-state index is 5.51. The van der Waals surface area contributed by atoms with Crippen LogP contribution >= 0.6 is 0 Å². The van der Waals surface area contributed by atoms with E-state index in [-0.39, 0.29) is 0 Å². The normalized spacial score (nSPS) is 26.6. The standard InChI is InChI=1S/C12H25NO/c1-10(2)9-14-6-4-5-13-12-7-11(3)8-12/h10-13H,4-9H2,1-3H3. The maximum Gasteiger partial charge on any atom is 0.0489 e. The lowest BCUT2D eigenvalue weighted by atomic mass is 9.82. The van der Waals surface area contributed by atoms with Gasteiger partial charge >= 0.3 is 0 Å². The SMILES string of the molecule is CC(C)COCCCNC1CC(C)C1.